The number of thioether (sulfide) groups is 2. The van der Waals surface area contributed by atoms with Crippen molar-refractivity contribution in [2.75, 3.05) is 23.8 Å². The van der Waals surface area contributed by atoms with Crippen molar-refractivity contribution in [2.24, 2.45) is 0 Å². The normalized spacial score (nSPS) is 18.1. The summed E-state index contributed by atoms with van der Waals surface area (Å²) >= 11 is 3.92. The van der Waals surface area contributed by atoms with Gasteiger partial charge in [0.15, 0.2) is 0 Å². The van der Waals surface area contributed by atoms with Gasteiger partial charge in [0.2, 0.25) is 0 Å². The van der Waals surface area contributed by atoms with E-state index >= 15 is 0 Å². The van der Waals surface area contributed by atoms with Gasteiger partial charge >= 0.3 is 0 Å². The van der Waals surface area contributed by atoms with Crippen molar-refractivity contribution in [3.05, 3.63) is 42.0 Å². The van der Waals surface area contributed by atoms with Crippen LogP contribution in [0.15, 0.2) is 30.9 Å². The molecule has 0 spiro atoms. The molecule has 2 aromatic rings. The highest BCUT2D eigenvalue weighted by Crippen LogP contribution is 2.23. The maximum atomic E-state index is 12.3. The maximum Gasteiger partial charge on any atom is 0.251 e. The highest BCUT2D eigenvalue weighted by molar-refractivity contribution is 8.06. The van der Waals surface area contributed by atoms with E-state index in [0.29, 0.717) is 10.8 Å². The highest BCUT2D eigenvalue weighted by Gasteiger charge is 2.16. The van der Waals surface area contributed by atoms with E-state index in [9.17, 15) is 4.79 Å². The summed E-state index contributed by atoms with van der Waals surface area (Å²) < 4.78 is 1.70. The van der Waals surface area contributed by atoms with Crippen LogP contribution in [0.4, 0.5) is 0 Å². The number of rotatable bonds is 4. The van der Waals surface area contributed by atoms with Crippen LogP contribution < -0.4 is 5.32 Å². The van der Waals surface area contributed by atoms with E-state index < -0.39 is 0 Å². The molecular weight excluding hydrogens is 316 g/mol. The number of aryl methyl sites for hydroxylation is 1. The predicted molar refractivity (Wildman–Crippen MR) is 92.0 cm³/mol. The van der Waals surface area contributed by atoms with Gasteiger partial charge in [-0.15, -0.1) is 0 Å². The lowest BCUT2D eigenvalue weighted by Gasteiger charge is -2.21. The van der Waals surface area contributed by atoms with E-state index in [1.165, 1.54) is 17.8 Å². The smallest absolute Gasteiger partial charge is 0.251 e. The summed E-state index contributed by atoms with van der Waals surface area (Å²) in [5.41, 5.74) is 2.63. The second kappa shape index (κ2) is 7.19. The summed E-state index contributed by atoms with van der Waals surface area (Å²) in [5.74, 6) is 3.51. The lowest BCUT2D eigenvalue weighted by molar-refractivity contribution is 0.0954. The fourth-order valence-electron chi connectivity index (χ4n) is 2.35. The molecule has 116 valence electrons. The molecule has 1 aromatic heterocycles. The monoisotopic (exact) mass is 334 g/mol. The molecule has 1 unspecified atom stereocenters. The van der Waals surface area contributed by atoms with Gasteiger partial charge in [-0.25, -0.2) is 9.67 Å². The van der Waals surface area contributed by atoms with Crippen molar-refractivity contribution in [3.8, 4) is 5.69 Å². The molecule has 1 saturated heterocycles. The van der Waals surface area contributed by atoms with Crippen molar-refractivity contribution >= 4 is 29.4 Å². The summed E-state index contributed by atoms with van der Waals surface area (Å²) in [5, 5.41) is 7.69. The SMILES string of the molecule is Cc1cc(C(=O)NCC2CSCCS2)ccc1-n1cncn1. The van der Waals surface area contributed by atoms with E-state index in [0.717, 1.165) is 23.5 Å². The number of amides is 1. The zero-order valence-electron chi connectivity index (χ0n) is 12.4. The molecule has 1 aliphatic rings. The van der Waals surface area contributed by atoms with Gasteiger partial charge in [-0.2, -0.15) is 28.6 Å². The van der Waals surface area contributed by atoms with Gasteiger partial charge in [-0.05, 0) is 30.7 Å². The van der Waals surface area contributed by atoms with Crippen LogP contribution in [0.3, 0.4) is 0 Å². The quantitative estimate of drug-likeness (QED) is 0.928. The average molecular weight is 334 g/mol. The Morgan fingerprint density at radius 1 is 1.45 bits per heavy atom. The standard InChI is InChI=1S/C15H18N4OS2/c1-11-6-12(2-3-14(11)19-10-16-9-18-19)15(20)17-7-13-8-21-4-5-22-13/h2-3,6,9-10,13H,4-5,7-8H2,1H3,(H,17,20). The molecule has 7 heteroatoms. The molecule has 0 radical (unpaired) electrons. The minimum Gasteiger partial charge on any atom is -0.351 e. The number of nitrogens with zero attached hydrogens (tertiary/aromatic N) is 3. The molecule has 0 saturated carbocycles. The molecule has 0 aliphatic carbocycles. The lowest BCUT2D eigenvalue weighted by Crippen LogP contribution is -2.33. The summed E-state index contributed by atoms with van der Waals surface area (Å²) in [6, 6.07) is 5.64. The van der Waals surface area contributed by atoms with Crippen LogP contribution in [0.25, 0.3) is 5.69 Å². The molecule has 1 N–H and O–H groups in total. The summed E-state index contributed by atoms with van der Waals surface area (Å²) in [6.07, 6.45) is 3.15. The van der Waals surface area contributed by atoms with E-state index in [2.05, 4.69) is 15.4 Å². The Kier molecular flexibility index (Phi) is 5.04. The lowest BCUT2D eigenvalue weighted by atomic mass is 10.1. The Hall–Kier alpha value is -1.47. The van der Waals surface area contributed by atoms with Gasteiger partial charge in [0.25, 0.3) is 5.91 Å². The first-order valence-corrected chi connectivity index (χ1v) is 9.37. The fraction of sp³-hybridized carbons (Fsp3) is 0.400. The van der Waals surface area contributed by atoms with Gasteiger partial charge in [-0.3, -0.25) is 4.79 Å². The molecule has 3 rings (SSSR count). The second-order valence-corrected chi connectivity index (χ2v) is 7.68. The number of benzene rings is 1. The molecule has 1 fully saturated rings. The molecule has 22 heavy (non-hydrogen) atoms. The van der Waals surface area contributed by atoms with Crippen LogP contribution in [0, 0.1) is 6.92 Å². The molecule has 1 atom stereocenters. The molecule has 2 heterocycles. The summed E-state index contributed by atoms with van der Waals surface area (Å²) in [6.45, 7) is 2.71. The van der Waals surface area contributed by atoms with Crippen molar-refractivity contribution in [3.63, 3.8) is 0 Å². The van der Waals surface area contributed by atoms with Crippen molar-refractivity contribution in [1.82, 2.24) is 20.1 Å². The Labute approximate surface area is 138 Å². The van der Waals surface area contributed by atoms with Gasteiger partial charge in [-0.1, -0.05) is 0 Å². The molecule has 5 nitrogen and oxygen atoms in total. The zero-order valence-corrected chi connectivity index (χ0v) is 14.0. The molecule has 1 aliphatic heterocycles. The zero-order chi connectivity index (χ0) is 15.4. The molecular formula is C15H18N4OS2. The van der Waals surface area contributed by atoms with Gasteiger partial charge in [0.05, 0.1) is 5.69 Å². The van der Waals surface area contributed by atoms with Crippen molar-refractivity contribution in [2.45, 2.75) is 12.2 Å². The number of carbonyl (C=O) groups is 1. The van der Waals surface area contributed by atoms with E-state index in [1.807, 2.05) is 48.6 Å². The number of hydrogen-bond donors (Lipinski definition) is 1. The van der Waals surface area contributed by atoms with E-state index in [1.54, 1.807) is 11.0 Å². The van der Waals surface area contributed by atoms with Crippen LogP contribution in [0.5, 0.6) is 0 Å². The summed E-state index contributed by atoms with van der Waals surface area (Å²) in [7, 11) is 0. The van der Waals surface area contributed by atoms with Crippen LogP contribution in [-0.4, -0.2) is 49.7 Å². The average Bonchev–Trinajstić information content (AvgIpc) is 3.07. The first kappa shape index (κ1) is 15.4. The second-order valence-electron chi connectivity index (χ2n) is 5.12. The van der Waals surface area contributed by atoms with Gasteiger partial charge in [0, 0.05) is 34.6 Å². The predicted octanol–water partition coefficient (Wildman–Crippen LogP) is 2.15. The van der Waals surface area contributed by atoms with Gasteiger partial charge in [0.1, 0.15) is 12.7 Å². The third-order valence-corrected chi connectivity index (χ3v) is 6.34. The van der Waals surface area contributed by atoms with Crippen molar-refractivity contribution < 1.29 is 4.79 Å². The van der Waals surface area contributed by atoms with Crippen LogP contribution in [-0.2, 0) is 0 Å². The van der Waals surface area contributed by atoms with Crippen LogP contribution in [0.1, 0.15) is 15.9 Å². The van der Waals surface area contributed by atoms with Crippen LogP contribution in [0.2, 0.25) is 0 Å². The van der Waals surface area contributed by atoms with E-state index in [-0.39, 0.29) is 5.91 Å². The minimum atomic E-state index is -0.00980. The fourth-order valence-corrected chi connectivity index (χ4v) is 4.96. The largest absolute Gasteiger partial charge is 0.351 e. The minimum absolute atomic E-state index is 0.00980. The molecule has 1 aromatic carbocycles. The first-order valence-electron chi connectivity index (χ1n) is 7.17. The molecule has 0 bridgehead atoms. The van der Waals surface area contributed by atoms with E-state index in [4.69, 9.17) is 0 Å². The van der Waals surface area contributed by atoms with Crippen LogP contribution >= 0.6 is 23.5 Å². The summed E-state index contributed by atoms with van der Waals surface area (Å²) in [4.78, 5) is 16.2. The molecule has 1 amide bonds. The highest BCUT2D eigenvalue weighted by atomic mass is 32.2. The topological polar surface area (TPSA) is 59.8 Å². The Morgan fingerprint density at radius 2 is 2.36 bits per heavy atom. The number of hydrogen-bond acceptors (Lipinski definition) is 5. The number of nitrogens with one attached hydrogen (secondary N) is 1. The number of carbonyl (C=O) groups excluding carboxylic acids is 1. The Bertz CT molecular complexity index is 639. The first-order chi connectivity index (χ1) is 10.7. The van der Waals surface area contributed by atoms with Gasteiger partial charge < -0.3 is 5.32 Å². The Balaban J connectivity index is 1.64. The van der Waals surface area contributed by atoms with Crippen molar-refractivity contribution in [1.29, 1.82) is 0 Å². The third kappa shape index (κ3) is 3.64. The third-order valence-electron chi connectivity index (χ3n) is 3.50. The Morgan fingerprint density at radius 3 is 3.05 bits per heavy atom. The number of aromatic nitrogens is 3. The maximum absolute atomic E-state index is 12.3.